The summed E-state index contributed by atoms with van der Waals surface area (Å²) in [6.07, 6.45) is -1.53. The molecular weight excluding hydrogens is 202 g/mol. The summed E-state index contributed by atoms with van der Waals surface area (Å²) in [4.78, 5) is 5.39. The number of aliphatic hydroxyl groups excluding tert-OH is 1. The molecule has 1 N–H and O–H groups in total. The molecule has 1 atom stereocenters. The second-order valence-electron chi connectivity index (χ2n) is 3.39. The summed E-state index contributed by atoms with van der Waals surface area (Å²) in [7, 11) is 1.57. The third-order valence-electron chi connectivity index (χ3n) is 2.05. The lowest BCUT2D eigenvalue weighted by Gasteiger charge is -2.18. The van der Waals surface area contributed by atoms with Gasteiger partial charge in [-0.1, -0.05) is 0 Å². The minimum atomic E-state index is -2.37. The molecule has 0 aromatic carbocycles. The van der Waals surface area contributed by atoms with Crippen molar-refractivity contribution < 1.29 is 13.9 Å². The standard InChI is InChI=1S/C10H14F2N2O/c1-7(15)9-4-3-8(5-13-9)14(2)6-10(11)12/h3-5,7,10,15H,6H2,1-2H3/t7-/m1/s1. The highest BCUT2D eigenvalue weighted by molar-refractivity contribution is 5.43. The number of hydrogen-bond acceptors (Lipinski definition) is 3. The second-order valence-corrected chi connectivity index (χ2v) is 3.39. The van der Waals surface area contributed by atoms with Gasteiger partial charge in [-0.25, -0.2) is 8.78 Å². The molecule has 1 aromatic rings. The number of anilines is 1. The fourth-order valence-corrected chi connectivity index (χ4v) is 1.18. The lowest BCUT2D eigenvalue weighted by molar-refractivity contribution is 0.156. The van der Waals surface area contributed by atoms with Crippen molar-refractivity contribution in [3.63, 3.8) is 0 Å². The average Bonchev–Trinajstić information content (AvgIpc) is 2.17. The molecule has 0 spiro atoms. The molecule has 0 bridgehead atoms. The van der Waals surface area contributed by atoms with Gasteiger partial charge in [-0.05, 0) is 19.1 Å². The summed E-state index contributed by atoms with van der Waals surface area (Å²) in [5, 5.41) is 9.20. The molecule has 84 valence electrons. The maximum Gasteiger partial charge on any atom is 0.255 e. The third-order valence-corrected chi connectivity index (χ3v) is 2.05. The molecule has 1 rings (SSSR count). The Balaban J connectivity index is 2.71. The Morgan fingerprint density at radius 2 is 2.13 bits per heavy atom. The van der Waals surface area contributed by atoms with Crippen molar-refractivity contribution in [3.05, 3.63) is 24.0 Å². The molecule has 0 saturated heterocycles. The summed E-state index contributed by atoms with van der Waals surface area (Å²) in [5.74, 6) is 0. The first-order valence-electron chi connectivity index (χ1n) is 4.64. The van der Waals surface area contributed by atoms with Gasteiger partial charge >= 0.3 is 0 Å². The molecule has 0 aliphatic heterocycles. The van der Waals surface area contributed by atoms with E-state index in [2.05, 4.69) is 4.98 Å². The van der Waals surface area contributed by atoms with Gasteiger partial charge in [-0.15, -0.1) is 0 Å². The molecule has 15 heavy (non-hydrogen) atoms. The molecule has 3 nitrogen and oxygen atoms in total. The van der Waals surface area contributed by atoms with Crippen molar-refractivity contribution in [2.45, 2.75) is 19.5 Å². The summed E-state index contributed by atoms with van der Waals surface area (Å²) < 4.78 is 24.2. The lowest BCUT2D eigenvalue weighted by Crippen LogP contribution is -2.24. The third kappa shape index (κ3) is 3.43. The van der Waals surface area contributed by atoms with Crippen LogP contribution < -0.4 is 4.90 Å². The Labute approximate surface area is 87.4 Å². The van der Waals surface area contributed by atoms with Crippen molar-refractivity contribution in [1.82, 2.24) is 4.98 Å². The van der Waals surface area contributed by atoms with Crippen molar-refractivity contribution in [2.24, 2.45) is 0 Å². The van der Waals surface area contributed by atoms with E-state index in [1.807, 2.05) is 0 Å². The quantitative estimate of drug-likeness (QED) is 0.834. The van der Waals surface area contributed by atoms with Gasteiger partial charge in [0.15, 0.2) is 0 Å². The smallest absolute Gasteiger partial charge is 0.255 e. The molecule has 1 aromatic heterocycles. The minimum Gasteiger partial charge on any atom is -0.387 e. The number of halogens is 2. The van der Waals surface area contributed by atoms with Crippen molar-refractivity contribution >= 4 is 5.69 Å². The van der Waals surface area contributed by atoms with Crippen LogP contribution in [0.2, 0.25) is 0 Å². The van der Waals surface area contributed by atoms with E-state index in [1.165, 1.54) is 11.1 Å². The normalized spacial score (nSPS) is 12.9. The van der Waals surface area contributed by atoms with E-state index in [-0.39, 0.29) is 6.54 Å². The van der Waals surface area contributed by atoms with Crippen LogP contribution in [0.1, 0.15) is 18.7 Å². The zero-order valence-electron chi connectivity index (χ0n) is 8.69. The Kier molecular flexibility index (Phi) is 3.96. The van der Waals surface area contributed by atoms with Gasteiger partial charge in [-0.3, -0.25) is 4.98 Å². The molecule has 0 amide bonds. The van der Waals surface area contributed by atoms with Crippen LogP contribution in [0.15, 0.2) is 18.3 Å². The number of aliphatic hydroxyl groups is 1. The van der Waals surface area contributed by atoms with Crippen molar-refractivity contribution in [3.8, 4) is 0 Å². The summed E-state index contributed by atoms with van der Waals surface area (Å²) in [5.41, 5.74) is 1.14. The van der Waals surface area contributed by atoms with Gasteiger partial charge in [0.1, 0.15) is 0 Å². The van der Waals surface area contributed by atoms with Crippen LogP contribution in [0.3, 0.4) is 0 Å². The number of pyridine rings is 1. The summed E-state index contributed by atoms with van der Waals surface area (Å²) in [6, 6.07) is 3.29. The van der Waals surface area contributed by atoms with E-state index in [0.717, 1.165) is 0 Å². The second kappa shape index (κ2) is 5.02. The molecule has 0 radical (unpaired) electrons. The van der Waals surface area contributed by atoms with Crippen LogP contribution in [0.5, 0.6) is 0 Å². The number of aromatic nitrogens is 1. The zero-order valence-corrected chi connectivity index (χ0v) is 8.69. The molecule has 0 fully saturated rings. The van der Waals surface area contributed by atoms with Crippen LogP contribution >= 0.6 is 0 Å². The van der Waals surface area contributed by atoms with Gasteiger partial charge in [-0.2, -0.15) is 0 Å². The Morgan fingerprint density at radius 1 is 1.47 bits per heavy atom. The predicted molar refractivity (Wildman–Crippen MR) is 54.1 cm³/mol. The largest absolute Gasteiger partial charge is 0.387 e. The first-order valence-corrected chi connectivity index (χ1v) is 4.64. The topological polar surface area (TPSA) is 36.4 Å². The minimum absolute atomic E-state index is 0.324. The highest BCUT2D eigenvalue weighted by atomic mass is 19.3. The Hall–Kier alpha value is -1.23. The number of nitrogens with zero attached hydrogens (tertiary/aromatic N) is 2. The molecule has 0 aliphatic carbocycles. The zero-order chi connectivity index (χ0) is 11.4. The van der Waals surface area contributed by atoms with Gasteiger partial charge in [0, 0.05) is 7.05 Å². The van der Waals surface area contributed by atoms with Gasteiger partial charge in [0.25, 0.3) is 6.43 Å². The average molecular weight is 216 g/mol. The fourth-order valence-electron chi connectivity index (χ4n) is 1.18. The van der Waals surface area contributed by atoms with E-state index < -0.39 is 12.5 Å². The van der Waals surface area contributed by atoms with E-state index in [1.54, 1.807) is 26.1 Å². The SMILES string of the molecule is C[C@@H](O)c1ccc(N(C)CC(F)F)cn1. The van der Waals surface area contributed by atoms with E-state index >= 15 is 0 Å². The van der Waals surface area contributed by atoms with Crippen LogP contribution in [0, 0.1) is 0 Å². The molecule has 5 heteroatoms. The van der Waals surface area contributed by atoms with Crippen molar-refractivity contribution in [1.29, 1.82) is 0 Å². The fraction of sp³-hybridized carbons (Fsp3) is 0.500. The maximum atomic E-state index is 12.1. The van der Waals surface area contributed by atoms with Crippen LogP contribution in [0.25, 0.3) is 0 Å². The summed E-state index contributed by atoms with van der Waals surface area (Å²) in [6.45, 7) is 1.28. The Bertz CT molecular complexity index is 301. The van der Waals surface area contributed by atoms with Crippen LogP contribution in [0.4, 0.5) is 14.5 Å². The van der Waals surface area contributed by atoms with E-state index in [0.29, 0.717) is 11.4 Å². The Morgan fingerprint density at radius 3 is 2.53 bits per heavy atom. The first kappa shape index (κ1) is 11.8. The number of hydrogen-bond donors (Lipinski definition) is 1. The molecule has 1 heterocycles. The molecule has 0 saturated carbocycles. The summed E-state index contributed by atoms with van der Waals surface area (Å²) >= 11 is 0. The van der Waals surface area contributed by atoms with Gasteiger partial charge in [0.05, 0.1) is 30.2 Å². The van der Waals surface area contributed by atoms with Crippen molar-refractivity contribution in [2.75, 3.05) is 18.5 Å². The highest BCUT2D eigenvalue weighted by Crippen LogP contribution is 2.15. The molecular formula is C10H14F2N2O. The molecule has 0 unspecified atom stereocenters. The van der Waals surface area contributed by atoms with Crippen LogP contribution in [-0.4, -0.2) is 30.1 Å². The first-order chi connectivity index (χ1) is 7.00. The monoisotopic (exact) mass is 216 g/mol. The van der Waals surface area contributed by atoms with E-state index in [4.69, 9.17) is 0 Å². The lowest BCUT2D eigenvalue weighted by atomic mass is 10.2. The predicted octanol–water partition coefficient (Wildman–Crippen LogP) is 1.84. The maximum absolute atomic E-state index is 12.1. The van der Waals surface area contributed by atoms with E-state index in [9.17, 15) is 13.9 Å². The van der Waals surface area contributed by atoms with Crippen LogP contribution in [-0.2, 0) is 0 Å². The highest BCUT2D eigenvalue weighted by Gasteiger charge is 2.09. The number of rotatable bonds is 4. The van der Waals surface area contributed by atoms with Gasteiger partial charge in [0.2, 0.25) is 0 Å². The number of alkyl halides is 2. The molecule has 0 aliphatic rings. The van der Waals surface area contributed by atoms with Gasteiger partial charge < -0.3 is 10.0 Å².